The Morgan fingerprint density at radius 2 is 2.29 bits per heavy atom. The molecule has 0 fully saturated rings. The Kier molecular flexibility index (Phi) is 3.14. The molecule has 2 atom stereocenters. The van der Waals surface area contributed by atoms with E-state index in [-0.39, 0.29) is 23.7 Å². The Labute approximate surface area is 100 Å². The van der Waals surface area contributed by atoms with Crippen LogP contribution in [-0.2, 0) is 11.2 Å². The van der Waals surface area contributed by atoms with Crippen LogP contribution >= 0.6 is 0 Å². The Hall–Kier alpha value is -1.82. The highest BCUT2D eigenvalue weighted by atomic mass is 19.1. The molecule has 0 heterocycles. The summed E-state index contributed by atoms with van der Waals surface area (Å²) in [6.07, 6.45) is 0.861. The van der Waals surface area contributed by atoms with Gasteiger partial charge in [-0.15, -0.1) is 0 Å². The van der Waals surface area contributed by atoms with Gasteiger partial charge in [0, 0.05) is 0 Å². The zero-order chi connectivity index (χ0) is 12.4. The summed E-state index contributed by atoms with van der Waals surface area (Å²) in [5, 5.41) is 2.83. The maximum absolute atomic E-state index is 13.2. The molecule has 3 heteroatoms. The fourth-order valence-corrected chi connectivity index (χ4v) is 2.32. The lowest BCUT2D eigenvalue weighted by molar-refractivity contribution is -0.116. The minimum atomic E-state index is -0.304. The first kappa shape index (κ1) is 11.7. The Balaban J connectivity index is 2.27. The maximum atomic E-state index is 13.2. The molecule has 1 aliphatic rings. The molecule has 0 saturated carbocycles. The lowest BCUT2D eigenvalue weighted by Crippen LogP contribution is -2.29. The summed E-state index contributed by atoms with van der Waals surface area (Å²) in [6, 6.07) is 4.62. The van der Waals surface area contributed by atoms with Crippen LogP contribution in [0.5, 0.6) is 0 Å². The molecule has 0 aliphatic heterocycles. The van der Waals surface area contributed by atoms with Crippen molar-refractivity contribution in [3.8, 4) is 11.8 Å². The number of hydrogen-bond donors (Lipinski definition) is 1. The molecule has 1 N–H and O–H groups in total. The van der Waals surface area contributed by atoms with E-state index in [0.717, 1.165) is 17.5 Å². The molecular formula is C14H14FNO. The standard InChI is InChI=1S/C14H14FNO/c1-3-4-13(17)16-14-9(2)7-10-5-6-11(15)8-12(10)14/h5-6,8-9,14H,7H2,1-2H3,(H,16,17). The van der Waals surface area contributed by atoms with Gasteiger partial charge in [0.1, 0.15) is 5.82 Å². The van der Waals surface area contributed by atoms with Crippen LogP contribution in [0.25, 0.3) is 0 Å². The molecule has 0 spiro atoms. The minimum Gasteiger partial charge on any atom is -0.338 e. The van der Waals surface area contributed by atoms with E-state index in [2.05, 4.69) is 17.2 Å². The van der Waals surface area contributed by atoms with Gasteiger partial charge in [-0.3, -0.25) is 4.79 Å². The molecule has 1 aromatic carbocycles. The van der Waals surface area contributed by atoms with E-state index in [1.54, 1.807) is 13.0 Å². The maximum Gasteiger partial charge on any atom is 0.296 e. The van der Waals surface area contributed by atoms with Crippen molar-refractivity contribution in [3.63, 3.8) is 0 Å². The summed E-state index contributed by atoms with van der Waals surface area (Å²) < 4.78 is 13.2. The third-order valence-electron chi connectivity index (χ3n) is 3.08. The SMILES string of the molecule is CC#CC(=O)NC1c2cc(F)ccc2CC1C. The molecule has 17 heavy (non-hydrogen) atoms. The smallest absolute Gasteiger partial charge is 0.296 e. The molecule has 1 aliphatic carbocycles. The van der Waals surface area contributed by atoms with Gasteiger partial charge in [-0.05, 0) is 48.4 Å². The highest BCUT2D eigenvalue weighted by Crippen LogP contribution is 2.36. The van der Waals surface area contributed by atoms with Gasteiger partial charge >= 0.3 is 0 Å². The summed E-state index contributed by atoms with van der Waals surface area (Å²) in [5.41, 5.74) is 1.98. The second kappa shape index (κ2) is 4.58. The summed E-state index contributed by atoms with van der Waals surface area (Å²) in [7, 11) is 0. The van der Waals surface area contributed by atoms with Crippen LogP contribution in [0.3, 0.4) is 0 Å². The molecule has 0 aromatic heterocycles. The Bertz CT molecular complexity index is 513. The molecular weight excluding hydrogens is 217 g/mol. The van der Waals surface area contributed by atoms with Crippen LogP contribution < -0.4 is 5.32 Å². The first-order chi connectivity index (χ1) is 8.11. The molecule has 2 unspecified atom stereocenters. The normalized spacial score (nSPS) is 21.4. The summed E-state index contributed by atoms with van der Waals surface area (Å²) in [6.45, 7) is 3.66. The number of rotatable bonds is 1. The first-order valence-corrected chi connectivity index (χ1v) is 5.63. The largest absolute Gasteiger partial charge is 0.338 e. The highest BCUT2D eigenvalue weighted by Gasteiger charge is 2.30. The third-order valence-corrected chi connectivity index (χ3v) is 3.08. The molecule has 0 bridgehead atoms. The number of halogens is 1. The second-order valence-corrected chi connectivity index (χ2v) is 4.35. The van der Waals surface area contributed by atoms with E-state index in [0.29, 0.717) is 0 Å². The minimum absolute atomic E-state index is 0.131. The predicted molar refractivity (Wildman–Crippen MR) is 63.6 cm³/mol. The predicted octanol–water partition coefficient (Wildman–Crippen LogP) is 2.20. The van der Waals surface area contributed by atoms with Gasteiger partial charge < -0.3 is 5.32 Å². The topological polar surface area (TPSA) is 29.1 Å². The number of carbonyl (C=O) groups is 1. The first-order valence-electron chi connectivity index (χ1n) is 5.63. The molecule has 2 rings (SSSR count). The van der Waals surface area contributed by atoms with Gasteiger partial charge in [-0.2, -0.15) is 0 Å². The van der Waals surface area contributed by atoms with Crippen LogP contribution in [0.2, 0.25) is 0 Å². The summed E-state index contributed by atoms with van der Waals surface area (Å²) in [5.74, 6) is 4.70. The lowest BCUT2D eigenvalue weighted by atomic mass is 10.0. The van der Waals surface area contributed by atoms with E-state index >= 15 is 0 Å². The molecule has 0 radical (unpaired) electrons. The van der Waals surface area contributed by atoms with Crippen LogP contribution in [-0.4, -0.2) is 5.91 Å². The molecule has 1 aromatic rings. The summed E-state index contributed by atoms with van der Waals surface area (Å²) in [4.78, 5) is 11.5. The zero-order valence-corrected chi connectivity index (χ0v) is 9.88. The quantitative estimate of drug-likeness (QED) is 0.738. The number of fused-ring (bicyclic) bond motifs is 1. The zero-order valence-electron chi connectivity index (χ0n) is 9.88. The van der Waals surface area contributed by atoms with Crippen molar-refractivity contribution in [2.45, 2.75) is 26.3 Å². The van der Waals surface area contributed by atoms with Crippen LogP contribution in [0, 0.1) is 23.6 Å². The number of amides is 1. The fraction of sp³-hybridized carbons (Fsp3) is 0.357. The van der Waals surface area contributed by atoms with E-state index in [1.807, 2.05) is 6.92 Å². The van der Waals surface area contributed by atoms with E-state index in [1.165, 1.54) is 12.1 Å². The van der Waals surface area contributed by atoms with Crippen LogP contribution in [0.1, 0.15) is 31.0 Å². The Morgan fingerprint density at radius 3 is 3.00 bits per heavy atom. The average Bonchev–Trinajstić information content (AvgIpc) is 2.56. The van der Waals surface area contributed by atoms with Gasteiger partial charge in [-0.25, -0.2) is 4.39 Å². The number of hydrogen-bond acceptors (Lipinski definition) is 1. The van der Waals surface area contributed by atoms with Crippen molar-refractivity contribution in [2.75, 3.05) is 0 Å². The van der Waals surface area contributed by atoms with Crippen molar-refractivity contribution in [2.24, 2.45) is 5.92 Å². The van der Waals surface area contributed by atoms with Crippen LogP contribution in [0.15, 0.2) is 18.2 Å². The molecule has 2 nitrogen and oxygen atoms in total. The number of carbonyl (C=O) groups excluding carboxylic acids is 1. The van der Waals surface area contributed by atoms with Crippen molar-refractivity contribution in [1.82, 2.24) is 5.32 Å². The van der Waals surface area contributed by atoms with E-state index < -0.39 is 0 Å². The van der Waals surface area contributed by atoms with Crippen LogP contribution in [0.4, 0.5) is 4.39 Å². The van der Waals surface area contributed by atoms with Gasteiger partial charge in [0.15, 0.2) is 0 Å². The van der Waals surface area contributed by atoms with Gasteiger partial charge in [0.2, 0.25) is 0 Å². The lowest BCUT2D eigenvalue weighted by Gasteiger charge is -2.16. The molecule has 0 saturated heterocycles. The highest BCUT2D eigenvalue weighted by molar-refractivity contribution is 5.93. The average molecular weight is 231 g/mol. The molecule has 88 valence electrons. The molecule has 1 amide bonds. The van der Waals surface area contributed by atoms with Crippen molar-refractivity contribution in [3.05, 3.63) is 35.1 Å². The monoisotopic (exact) mass is 231 g/mol. The Morgan fingerprint density at radius 1 is 1.53 bits per heavy atom. The van der Waals surface area contributed by atoms with Crippen molar-refractivity contribution >= 4 is 5.91 Å². The van der Waals surface area contributed by atoms with Gasteiger partial charge in [0.25, 0.3) is 5.91 Å². The van der Waals surface area contributed by atoms with Gasteiger partial charge in [0.05, 0.1) is 6.04 Å². The van der Waals surface area contributed by atoms with E-state index in [4.69, 9.17) is 0 Å². The number of benzene rings is 1. The summed E-state index contributed by atoms with van der Waals surface area (Å²) >= 11 is 0. The van der Waals surface area contributed by atoms with Crippen molar-refractivity contribution in [1.29, 1.82) is 0 Å². The third kappa shape index (κ3) is 2.31. The fourth-order valence-electron chi connectivity index (χ4n) is 2.32. The van der Waals surface area contributed by atoms with Gasteiger partial charge in [-0.1, -0.05) is 18.9 Å². The van der Waals surface area contributed by atoms with Crippen molar-refractivity contribution < 1.29 is 9.18 Å². The van der Waals surface area contributed by atoms with E-state index in [9.17, 15) is 9.18 Å². The second-order valence-electron chi connectivity index (χ2n) is 4.35. The number of nitrogens with one attached hydrogen (secondary N) is 1.